The van der Waals surface area contributed by atoms with Crippen molar-refractivity contribution in [2.75, 3.05) is 0 Å². The number of nitrogens with one attached hydrogen (secondary N) is 1. The molecule has 0 aliphatic rings. The number of halogens is 1. The molecule has 0 unspecified atom stereocenters. The first-order valence-corrected chi connectivity index (χ1v) is 10.1. The number of fused-ring (bicyclic) bond motifs is 1. The molecule has 1 heterocycles. The van der Waals surface area contributed by atoms with Gasteiger partial charge in [0.1, 0.15) is 5.82 Å². The second-order valence-corrected chi connectivity index (χ2v) is 7.36. The van der Waals surface area contributed by atoms with Crippen LogP contribution in [-0.2, 0) is 24.3 Å². The molecular formula is C24H22ClN3O. The maximum Gasteiger partial charge on any atom is 0.220 e. The van der Waals surface area contributed by atoms with E-state index in [1.54, 1.807) is 0 Å². The first-order chi connectivity index (χ1) is 14.2. The monoisotopic (exact) mass is 403 g/mol. The minimum atomic E-state index is 0.0187. The Balaban J connectivity index is 1.49. The SMILES string of the molecule is O=C(CCc1ccccc1)NCc1nc2ccccc2n1Cc1ccccc1Cl. The molecule has 0 atom stereocenters. The molecule has 146 valence electrons. The summed E-state index contributed by atoms with van der Waals surface area (Å²) in [5, 5.41) is 3.74. The zero-order valence-electron chi connectivity index (χ0n) is 16.0. The number of nitrogens with zero attached hydrogens (tertiary/aromatic N) is 2. The molecule has 1 aromatic heterocycles. The second kappa shape index (κ2) is 8.93. The van der Waals surface area contributed by atoms with Crippen LogP contribution in [0.5, 0.6) is 0 Å². The van der Waals surface area contributed by atoms with E-state index in [4.69, 9.17) is 16.6 Å². The van der Waals surface area contributed by atoms with Crippen molar-refractivity contribution >= 4 is 28.5 Å². The number of carbonyl (C=O) groups excluding carboxylic acids is 1. The quantitative estimate of drug-likeness (QED) is 0.472. The highest BCUT2D eigenvalue weighted by Gasteiger charge is 2.13. The molecule has 1 N–H and O–H groups in total. The number of imidazole rings is 1. The molecule has 29 heavy (non-hydrogen) atoms. The Morgan fingerprint density at radius 2 is 1.66 bits per heavy atom. The van der Waals surface area contributed by atoms with E-state index >= 15 is 0 Å². The van der Waals surface area contributed by atoms with Gasteiger partial charge in [-0.2, -0.15) is 0 Å². The van der Waals surface area contributed by atoms with Crippen molar-refractivity contribution in [2.45, 2.75) is 25.9 Å². The number of aromatic nitrogens is 2. The summed E-state index contributed by atoms with van der Waals surface area (Å²) in [5.74, 6) is 0.837. The van der Waals surface area contributed by atoms with E-state index in [1.165, 1.54) is 0 Å². The summed E-state index contributed by atoms with van der Waals surface area (Å²) in [4.78, 5) is 17.1. The van der Waals surface area contributed by atoms with E-state index in [0.717, 1.165) is 39.4 Å². The smallest absolute Gasteiger partial charge is 0.220 e. The third-order valence-corrected chi connectivity index (χ3v) is 5.32. The van der Waals surface area contributed by atoms with Crippen LogP contribution in [0, 0.1) is 0 Å². The van der Waals surface area contributed by atoms with Gasteiger partial charge in [-0.1, -0.05) is 72.3 Å². The van der Waals surface area contributed by atoms with Gasteiger partial charge < -0.3 is 9.88 Å². The van der Waals surface area contributed by atoms with Crippen LogP contribution < -0.4 is 5.32 Å². The largest absolute Gasteiger partial charge is 0.349 e. The molecule has 0 radical (unpaired) electrons. The molecule has 4 rings (SSSR count). The van der Waals surface area contributed by atoms with Crippen LogP contribution in [0.15, 0.2) is 78.9 Å². The molecule has 4 aromatic rings. The fourth-order valence-corrected chi connectivity index (χ4v) is 3.60. The summed E-state index contributed by atoms with van der Waals surface area (Å²) in [7, 11) is 0. The molecule has 0 bridgehead atoms. The lowest BCUT2D eigenvalue weighted by Gasteiger charge is -2.11. The predicted octanol–water partition coefficient (Wildman–Crippen LogP) is 4.99. The molecule has 0 saturated heterocycles. The standard InChI is InChI=1S/C24H22ClN3O/c25-20-11-5-4-10-19(20)17-28-22-13-7-6-12-21(22)27-23(28)16-26-24(29)15-14-18-8-2-1-3-9-18/h1-13H,14-17H2,(H,26,29). The van der Waals surface area contributed by atoms with Gasteiger partial charge in [0, 0.05) is 11.4 Å². The molecule has 5 heteroatoms. The Hall–Kier alpha value is -3.11. The molecule has 0 aliphatic carbocycles. The maximum absolute atomic E-state index is 12.4. The molecule has 0 fully saturated rings. The van der Waals surface area contributed by atoms with Crippen molar-refractivity contribution in [2.24, 2.45) is 0 Å². The van der Waals surface area contributed by atoms with Crippen LogP contribution in [0.2, 0.25) is 5.02 Å². The minimum Gasteiger partial charge on any atom is -0.349 e. The lowest BCUT2D eigenvalue weighted by molar-refractivity contribution is -0.121. The summed E-state index contributed by atoms with van der Waals surface area (Å²) in [6.45, 7) is 0.988. The lowest BCUT2D eigenvalue weighted by atomic mass is 10.1. The second-order valence-electron chi connectivity index (χ2n) is 6.96. The zero-order chi connectivity index (χ0) is 20.1. The third-order valence-electron chi connectivity index (χ3n) is 4.95. The number of para-hydroxylation sites is 2. The van der Waals surface area contributed by atoms with Gasteiger partial charge in [-0.3, -0.25) is 4.79 Å². The Morgan fingerprint density at radius 1 is 0.931 bits per heavy atom. The third kappa shape index (κ3) is 4.66. The van der Waals surface area contributed by atoms with E-state index in [-0.39, 0.29) is 5.91 Å². The topological polar surface area (TPSA) is 46.9 Å². The summed E-state index contributed by atoms with van der Waals surface area (Å²) in [6.07, 6.45) is 1.18. The number of benzene rings is 3. The van der Waals surface area contributed by atoms with Gasteiger partial charge in [0.05, 0.1) is 24.1 Å². The first kappa shape index (κ1) is 19.2. The van der Waals surface area contributed by atoms with Crippen LogP contribution in [-0.4, -0.2) is 15.5 Å². The van der Waals surface area contributed by atoms with Crippen LogP contribution >= 0.6 is 11.6 Å². The number of aryl methyl sites for hydroxylation is 1. The molecule has 0 saturated carbocycles. The van der Waals surface area contributed by atoms with Crippen molar-refractivity contribution < 1.29 is 4.79 Å². The van der Waals surface area contributed by atoms with Crippen LogP contribution in [0.3, 0.4) is 0 Å². The number of hydrogen-bond acceptors (Lipinski definition) is 2. The first-order valence-electron chi connectivity index (χ1n) is 9.69. The highest BCUT2D eigenvalue weighted by atomic mass is 35.5. The summed E-state index contributed by atoms with van der Waals surface area (Å²) >= 11 is 6.37. The van der Waals surface area contributed by atoms with E-state index in [1.807, 2.05) is 78.9 Å². The van der Waals surface area contributed by atoms with Gasteiger partial charge in [0.2, 0.25) is 5.91 Å². The molecule has 0 spiro atoms. The molecule has 4 nitrogen and oxygen atoms in total. The van der Waals surface area contributed by atoms with Gasteiger partial charge in [-0.25, -0.2) is 4.98 Å². The Kier molecular flexibility index (Phi) is 5.92. The molecule has 3 aromatic carbocycles. The van der Waals surface area contributed by atoms with Crippen LogP contribution in [0.25, 0.3) is 11.0 Å². The van der Waals surface area contributed by atoms with E-state index in [9.17, 15) is 4.79 Å². The van der Waals surface area contributed by atoms with Gasteiger partial charge in [-0.05, 0) is 35.7 Å². The van der Waals surface area contributed by atoms with E-state index < -0.39 is 0 Å². The van der Waals surface area contributed by atoms with E-state index in [0.29, 0.717) is 19.5 Å². The number of carbonyl (C=O) groups is 1. The molecular weight excluding hydrogens is 382 g/mol. The fourth-order valence-electron chi connectivity index (χ4n) is 3.40. The molecule has 1 amide bonds. The summed E-state index contributed by atoms with van der Waals surface area (Å²) < 4.78 is 2.12. The average molecular weight is 404 g/mol. The van der Waals surface area contributed by atoms with Crippen molar-refractivity contribution in [3.63, 3.8) is 0 Å². The van der Waals surface area contributed by atoms with Crippen molar-refractivity contribution in [1.29, 1.82) is 0 Å². The number of amides is 1. The normalized spacial score (nSPS) is 10.9. The summed E-state index contributed by atoms with van der Waals surface area (Å²) in [5.41, 5.74) is 4.12. The zero-order valence-corrected chi connectivity index (χ0v) is 16.8. The summed E-state index contributed by atoms with van der Waals surface area (Å²) in [6, 6.07) is 25.8. The van der Waals surface area contributed by atoms with Gasteiger partial charge >= 0.3 is 0 Å². The van der Waals surface area contributed by atoms with Crippen LogP contribution in [0.4, 0.5) is 0 Å². The average Bonchev–Trinajstić information content (AvgIpc) is 3.10. The Bertz CT molecular complexity index is 1120. The maximum atomic E-state index is 12.4. The lowest BCUT2D eigenvalue weighted by Crippen LogP contribution is -2.25. The number of rotatable bonds is 7. The number of hydrogen-bond donors (Lipinski definition) is 1. The van der Waals surface area contributed by atoms with Crippen molar-refractivity contribution in [3.05, 3.63) is 101 Å². The fraction of sp³-hybridized carbons (Fsp3) is 0.167. The van der Waals surface area contributed by atoms with Crippen LogP contribution in [0.1, 0.15) is 23.4 Å². The van der Waals surface area contributed by atoms with Gasteiger partial charge in [-0.15, -0.1) is 0 Å². The highest BCUT2D eigenvalue weighted by molar-refractivity contribution is 6.31. The van der Waals surface area contributed by atoms with Crippen molar-refractivity contribution in [3.8, 4) is 0 Å². The predicted molar refractivity (Wildman–Crippen MR) is 117 cm³/mol. The highest BCUT2D eigenvalue weighted by Crippen LogP contribution is 2.21. The molecule has 0 aliphatic heterocycles. The van der Waals surface area contributed by atoms with Gasteiger partial charge in [0.15, 0.2) is 0 Å². The van der Waals surface area contributed by atoms with Crippen molar-refractivity contribution in [1.82, 2.24) is 14.9 Å². The van der Waals surface area contributed by atoms with E-state index in [2.05, 4.69) is 9.88 Å². The Labute approximate surface area is 175 Å². The van der Waals surface area contributed by atoms with Gasteiger partial charge in [0.25, 0.3) is 0 Å². The minimum absolute atomic E-state index is 0.0187. The Morgan fingerprint density at radius 3 is 2.48 bits per heavy atom.